The normalized spacial score (nSPS) is 14.4. The molecule has 0 heterocycles. The molecule has 0 aliphatic heterocycles. The van der Waals surface area contributed by atoms with Gasteiger partial charge in [-0.3, -0.25) is 4.79 Å². The molecule has 0 unspecified atom stereocenters. The molecule has 1 aromatic carbocycles. The Morgan fingerprint density at radius 3 is 2.53 bits per heavy atom. The summed E-state index contributed by atoms with van der Waals surface area (Å²) in [5, 5.41) is 9.93. The Morgan fingerprint density at radius 1 is 1.21 bits per heavy atom. The molecule has 1 amide bonds. The molecule has 180 valence electrons. The lowest BCUT2D eigenvalue weighted by atomic mass is 9.87. The van der Waals surface area contributed by atoms with Crippen LogP contribution >= 0.6 is 0 Å². The summed E-state index contributed by atoms with van der Waals surface area (Å²) in [5.41, 5.74) is 6.08. The summed E-state index contributed by atoms with van der Waals surface area (Å²) in [5.74, 6) is 0.475. The van der Waals surface area contributed by atoms with Crippen LogP contribution in [0.5, 0.6) is 0 Å². The predicted molar refractivity (Wildman–Crippen MR) is 143 cm³/mol. The minimum atomic E-state index is 0.168. The second-order valence-corrected chi connectivity index (χ2v) is 9.33. The molecule has 0 aromatic heterocycles. The minimum Gasteiger partial charge on any atom is -0.342 e. The number of nitrogens with zero attached hydrogens (tertiary/aromatic N) is 2. The van der Waals surface area contributed by atoms with Gasteiger partial charge in [-0.05, 0) is 73.3 Å². The van der Waals surface area contributed by atoms with E-state index in [1.165, 1.54) is 0 Å². The van der Waals surface area contributed by atoms with Crippen molar-refractivity contribution in [2.75, 3.05) is 13.1 Å². The van der Waals surface area contributed by atoms with E-state index in [0.29, 0.717) is 24.5 Å². The molecule has 1 aliphatic rings. The molecule has 0 atom stereocenters. The molecule has 0 N–H and O–H groups in total. The highest BCUT2D eigenvalue weighted by Gasteiger charge is 2.15. The van der Waals surface area contributed by atoms with Crippen molar-refractivity contribution in [2.45, 2.75) is 66.2 Å². The fourth-order valence-corrected chi connectivity index (χ4v) is 4.06. The summed E-state index contributed by atoms with van der Waals surface area (Å²) in [7, 11) is 0. The molecule has 0 fully saturated rings. The van der Waals surface area contributed by atoms with Crippen LogP contribution in [0.15, 0.2) is 89.1 Å². The number of hydrogen-bond acceptors (Lipinski definition) is 2. The maximum atomic E-state index is 12.9. The van der Waals surface area contributed by atoms with Gasteiger partial charge in [0.15, 0.2) is 0 Å². The highest BCUT2D eigenvalue weighted by molar-refractivity contribution is 5.78. The van der Waals surface area contributed by atoms with Crippen molar-refractivity contribution in [3.63, 3.8) is 0 Å². The molecule has 0 saturated heterocycles. The van der Waals surface area contributed by atoms with Crippen molar-refractivity contribution in [2.24, 2.45) is 5.92 Å². The van der Waals surface area contributed by atoms with Gasteiger partial charge in [-0.1, -0.05) is 81.5 Å². The van der Waals surface area contributed by atoms with Crippen molar-refractivity contribution < 1.29 is 4.79 Å². The summed E-state index contributed by atoms with van der Waals surface area (Å²) in [6, 6.07) is 12.3. The van der Waals surface area contributed by atoms with Crippen LogP contribution in [0.25, 0.3) is 0 Å². The van der Waals surface area contributed by atoms with Gasteiger partial charge in [0.25, 0.3) is 0 Å². The lowest BCUT2D eigenvalue weighted by molar-refractivity contribution is -0.130. The number of rotatable bonds is 12. The third-order valence-corrected chi connectivity index (χ3v) is 6.24. The average Bonchev–Trinajstić information content (AvgIpc) is 2.84. The molecule has 0 radical (unpaired) electrons. The van der Waals surface area contributed by atoms with Crippen LogP contribution in [0.1, 0.15) is 65.4 Å². The third kappa shape index (κ3) is 8.34. The molecule has 34 heavy (non-hydrogen) atoms. The Hall–Kier alpha value is -3.12. The molecular weight excluding hydrogens is 416 g/mol. The highest BCUT2D eigenvalue weighted by atomic mass is 16.2. The van der Waals surface area contributed by atoms with Crippen molar-refractivity contribution in [1.29, 1.82) is 5.26 Å². The van der Waals surface area contributed by atoms with E-state index >= 15 is 0 Å². The maximum Gasteiger partial charge on any atom is 0.226 e. The zero-order valence-electron chi connectivity index (χ0n) is 21.4. The van der Waals surface area contributed by atoms with E-state index in [1.54, 1.807) is 0 Å². The Bertz CT molecular complexity index is 1000. The van der Waals surface area contributed by atoms with Gasteiger partial charge in [-0.2, -0.15) is 5.26 Å². The van der Waals surface area contributed by atoms with E-state index in [0.717, 1.165) is 66.5 Å². The molecule has 0 bridgehead atoms. The fourth-order valence-electron chi connectivity index (χ4n) is 4.06. The van der Waals surface area contributed by atoms with Crippen molar-refractivity contribution >= 4 is 5.91 Å². The van der Waals surface area contributed by atoms with Gasteiger partial charge in [-0.15, -0.1) is 0 Å². The van der Waals surface area contributed by atoms with E-state index in [4.69, 9.17) is 0 Å². The first kappa shape index (κ1) is 27.1. The molecule has 3 nitrogen and oxygen atoms in total. The molecule has 0 saturated carbocycles. The number of allylic oxidation sites excluding steroid dienone is 9. The molecule has 3 heteroatoms. The van der Waals surface area contributed by atoms with E-state index in [-0.39, 0.29) is 5.91 Å². The monoisotopic (exact) mass is 456 g/mol. The van der Waals surface area contributed by atoms with Gasteiger partial charge in [0.2, 0.25) is 5.91 Å². The SMILES string of the molecule is C=C(/C(=C\C(C#N)=C(/C)CCCN(CCC)C(=O)Cc1ccccc1)C1=CCCC=C1)C(C)C. The summed E-state index contributed by atoms with van der Waals surface area (Å²) < 4.78 is 0. The summed E-state index contributed by atoms with van der Waals surface area (Å²) in [6.07, 6.45) is 13.7. The molecule has 1 aliphatic carbocycles. The van der Waals surface area contributed by atoms with Crippen LogP contribution in [0.2, 0.25) is 0 Å². The van der Waals surface area contributed by atoms with Crippen LogP contribution in [-0.4, -0.2) is 23.9 Å². The largest absolute Gasteiger partial charge is 0.342 e. The molecule has 2 rings (SSSR count). The van der Waals surface area contributed by atoms with Gasteiger partial charge < -0.3 is 4.90 Å². The minimum absolute atomic E-state index is 0.168. The second-order valence-electron chi connectivity index (χ2n) is 9.33. The average molecular weight is 457 g/mol. The smallest absolute Gasteiger partial charge is 0.226 e. The van der Waals surface area contributed by atoms with Crippen LogP contribution in [0.3, 0.4) is 0 Å². The van der Waals surface area contributed by atoms with E-state index in [1.807, 2.05) is 48.2 Å². The van der Waals surface area contributed by atoms with Crippen LogP contribution < -0.4 is 0 Å². The zero-order chi connectivity index (χ0) is 24.9. The Morgan fingerprint density at radius 2 is 1.94 bits per heavy atom. The Labute approximate surface area is 206 Å². The zero-order valence-corrected chi connectivity index (χ0v) is 21.4. The highest BCUT2D eigenvalue weighted by Crippen LogP contribution is 2.30. The van der Waals surface area contributed by atoms with E-state index in [9.17, 15) is 10.1 Å². The Kier molecular flexibility index (Phi) is 11.3. The molecule has 1 aromatic rings. The van der Waals surface area contributed by atoms with Gasteiger partial charge in [0, 0.05) is 13.1 Å². The standard InChI is InChI=1S/C31H40N2O/c1-6-19-33(31(34)21-27-15-9-7-10-16-27)20-13-14-25(4)29(23-32)22-30(26(5)24(2)3)28-17-11-8-12-18-28/h7,9-11,15-18,22,24H,5-6,8,12-14,19-21H2,1-4H3/b29-25-,30-22+. The predicted octanol–water partition coefficient (Wildman–Crippen LogP) is 7.50. The van der Waals surface area contributed by atoms with Gasteiger partial charge in [0.1, 0.15) is 0 Å². The number of hydrogen-bond donors (Lipinski definition) is 0. The first-order chi connectivity index (χ1) is 16.4. The van der Waals surface area contributed by atoms with Crippen molar-refractivity contribution in [1.82, 2.24) is 4.90 Å². The van der Waals surface area contributed by atoms with Gasteiger partial charge in [0.05, 0.1) is 18.1 Å². The van der Waals surface area contributed by atoms with Crippen molar-refractivity contribution in [3.05, 3.63) is 94.6 Å². The number of nitriles is 1. The first-order valence-electron chi connectivity index (χ1n) is 12.6. The lowest BCUT2D eigenvalue weighted by Crippen LogP contribution is -2.34. The number of carbonyl (C=O) groups excluding carboxylic acids is 1. The van der Waals surface area contributed by atoms with Crippen LogP contribution in [0, 0.1) is 17.2 Å². The van der Waals surface area contributed by atoms with Crippen molar-refractivity contribution in [3.8, 4) is 6.07 Å². The van der Waals surface area contributed by atoms with Gasteiger partial charge >= 0.3 is 0 Å². The summed E-state index contributed by atoms with van der Waals surface area (Å²) >= 11 is 0. The summed E-state index contributed by atoms with van der Waals surface area (Å²) in [4.78, 5) is 14.8. The fraction of sp³-hybridized carbons (Fsp3) is 0.419. The van der Waals surface area contributed by atoms with Crippen LogP contribution in [-0.2, 0) is 11.2 Å². The summed E-state index contributed by atoms with van der Waals surface area (Å²) in [6.45, 7) is 14.2. The Balaban J connectivity index is 2.12. The van der Waals surface area contributed by atoms with E-state index in [2.05, 4.69) is 51.6 Å². The number of benzene rings is 1. The number of carbonyl (C=O) groups is 1. The third-order valence-electron chi connectivity index (χ3n) is 6.24. The lowest BCUT2D eigenvalue weighted by Gasteiger charge is -2.22. The first-order valence-corrected chi connectivity index (χ1v) is 12.6. The quantitative estimate of drug-likeness (QED) is 0.241. The maximum absolute atomic E-state index is 12.9. The van der Waals surface area contributed by atoms with E-state index < -0.39 is 0 Å². The number of amides is 1. The molecule has 0 spiro atoms. The molecular formula is C31H40N2O. The van der Waals surface area contributed by atoms with Gasteiger partial charge in [-0.25, -0.2) is 0 Å². The topological polar surface area (TPSA) is 44.1 Å². The van der Waals surface area contributed by atoms with Crippen LogP contribution in [0.4, 0.5) is 0 Å². The second kappa shape index (κ2) is 14.2.